The Morgan fingerprint density at radius 3 is 2.83 bits per heavy atom. The van der Waals surface area contributed by atoms with Crippen molar-refractivity contribution in [1.29, 1.82) is 0 Å². The summed E-state index contributed by atoms with van der Waals surface area (Å²) in [6.07, 6.45) is 5.49. The number of imidazole rings is 1. The maximum atomic E-state index is 13.4. The molecule has 0 unspecified atom stereocenters. The Bertz CT molecular complexity index is 1030. The number of rotatable bonds is 2. The van der Waals surface area contributed by atoms with Crippen molar-refractivity contribution in [3.63, 3.8) is 0 Å². The lowest BCUT2D eigenvalue weighted by molar-refractivity contribution is 0.163. The van der Waals surface area contributed by atoms with E-state index < -0.39 is 0 Å². The summed E-state index contributed by atoms with van der Waals surface area (Å²) in [5.74, 6) is 1.36. The number of hydrogen-bond donors (Lipinski definition) is 2. The molecular weight excluding hydrogens is 407 g/mol. The smallest absolute Gasteiger partial charge is 0.322 e. The summed E-state index contributed by atoms with van der Waals surface area (Å²) in [7, 11) is 0. The average Bonchev–Trinajstić information content (AvgIpc) is 3.32. The van der Waals surface area contributed by atoms with Crippen molar-refractivity contribution in [2.24, 2.45) is 5.92 Å². The highest BCUT2D eigenvalue weighted by Gasteiger charge is 2.46. The van der Waals surface area contributed by atoms with Crippen LogP contribution in [0.5, 0.6) is 0 Å². The molecule has 0 bridgehead atoms. The number of H-pyrrole nitrogens is 1. The molecule has 150 valence electrons. The normalized spacial score (nSPS) is 23.9. The van der Waals surface area contributed by atoms with Crippen LogP contribution in [0.1, 0.15) is 44.0 Å². The number of fused-ring (bicyclic) bond motifs is 2. The van der Waals surface area contributed by atoms with Crippen molar-refractivity contribution in [1.82, 2.24) is 14.9 Å². The lowest BCUT2D eigenvalue weighted by Gasteiger charge is -2.33. The van der Waals surface area contributed by atoms with Gasteiger partial charge >= 0.3 is 6.03 Å². The van der Waals surface area contributed by atoms with Gasteiger partial charge < -0.3 is 15.2 Å². The Morgan fingerprint density at radius 2 is 1.97 bits per heavy atom. The predicted molar refractivity (Wildman–Crippen MR) is 117 cm³/mol. The van der Waals surface area contributed by atoms with Gasteiger partial charge in [0.05, 0.1) is 27.8 Å². The van der Waals surface area contributed by atoms with Gasteiger partial charge in [0.2, 0.25) is 0 Å². The van der Waals surface area contributed by atoms with Gasteiger partial charge in [-0.2, -0.15) is 0 Å². The third-order valence-electron chi connectivity index (χ3n) is 6.22. The van der Waals surface area contributed by atoms with Crippen molar-refractivity contribution in [3.8, 4) is 0 Å². The van der Waals surface area contributed by atoms with Crippen LogP contribution in [0.2, 0.25) is 10.0 Å². The molecule has 3 atom stereocenters. The first-order valence-electron chi connectivity index (χ1n) is 10.1. The lowest BCUT2D eigenvalue weighted by Crippen LogP contribution is -2.43. The van der Waals surface area contributed by atoms with Gasteiger partial charge in [-0.25, -0.2) is 9.78 Å². The number of halogens is 2. The summed E-state index contributed by atoms with van der Waals surface area (Å²) < 4.78 is 0. The van der Waals surface area contributed by atoms with E-state index in [0.29, 0.717) is 21.7 Å². The van der Waals surface area contributed by atoms with Gasteiger partial charge in [0.25, 0.3) is 0 Å². The van der Waals surface area contributed by atoms with Crippen LogP contribution in [0.4, 0.5) is 10.5 Å². The van der Waals surface area contributed by atoms with Crippen LogP contribution in [0, 0.1) is 5.92 Å². The average molecular weight is 429 g/mol. The van der Waals surface area contributed by atoms with Gasteiger partial charge in [0.1, 0.15) is 5.82 Å². The quantitative estimate of drug-likeness (QED) is 0.495. The Hall–Kier alpha value is -2.24. The predicted octanol–water partition coefficient (Wildman–Crippen LogP) is 6.41. The molecule has 29 heavy (non-hydrogen) atoms. The number of hydrogen-bond acceptors (Lipinski definition) is 2. The van der Waals surface area contributed by atoms with Crippen LogP contribution in [0.3, 0.4) is 0 Å². The van der Waals surface area contributed by atoms with Crippen LogP contribution in [0.15, 0.2) is 42.5 Å². The molecule has 1 saturated carbocycles. The van der Waals surface area contributed by atoms with Gasteiger partial charge in [-0.3, -0.25) is 0 Å². The minimum absolute atomic E-state index is 0.0755. The van der Waals surface area contributed by atoms with Crippen molar-refractivity contribution in [3.05, 3.63) is 58.3 Å². The van der Waals surface area contributed by atoms with E-state index in [2.05, 4.69) is 10.3 Å². The first-order valence-corrected chi connectivity index (χ1v) is 10.8. The van der Waals surface area contributed by atoms with Crippen LogP contribution in [-0.2, 0) is 0 Å². The summed E-state index contributed by atoms with van der Waals surface area (Å²) in [6.45, 7) is 0. The minimum Gasteiger partial charge on any atom is -0.340 e. The van der Waals surface area contributed by atoms with Crippen molar-refractivity contribution >= 4 is 46.0 Å². The number of amides is 2. The molecule has 3 aromatic rings. The van der Waals surface area contributed by atoms with E-state index in [1.54, 1.807) is 18.2 Å². The molecule has 1 aliphatic heterocycles. The molecule has 1 aliphatic carbocycles. The standard InChI is InChI=1S/C22H22Cl2N4O/c23-14-9-10-15(24)18(12-14)27-22(29)28-19-8-4-1-5-13(19)11-20(28)21-25-16-6-2-3-7-17(16)26-21/h2-3,6-7,9-10,12-13,19-20H,1,4-5,8,11H2,(H,25,26)(H,27,29)/t13-,19-,20-/m0/s1. The maximum Gasteiger partial charge on any atom is 0.322 e. The highest BCUT2D eigenvalue weighted by atomic mass is 35.5. The van der Waals surface area contributed by atoms with Crippen LogP contribution in [-0.4, -0.2) is 26.9 Å². The Balaban J connectivity index is 1.49. The summed E-state index contributed by atoms with van der Waals surface area (Å²) in [5, 5.41) is 4.00. The molecule has 2 aliphatic rings. The Labute approximate surface area is 179 Å². The molecule has 2 aromatic carbocycles. The summed E-state index contributed by atoms with van der Waals surface area (Å²) >= 11 is 12.4. The van der Waals surface area contributed by atoms with Crippen molar-refractivity contribution in [2.75, 3.05) is 5.32 Å². The molecule has 0 spiro atoms. The Morgan fingerprint density at radius 1 is 1.14 bits per heavy atom. The molecule has 1 saturated heterocycles. The molecule has 2 N–H and O–H groups in total. The van der Waals surface area contributed by atoms with E-state index in [9.17, 15) is 4.79 Å². The molecule has 7 heteroatoms. The van der Waals surface area contributed by atoms with E-state index in [1.165, 1.54) is 6.42 Å². The summed E-state index contributed by atoms with van der Waals surface area (Å²) in [6, 6.07) is 13.1. The number of urea groups is 1. The fraction of sp³-hybridized carbons (Fsp3) is 0.364. The molecule has 2 amide bonds. The molecule has 5 rings (SSSR count). The van der Waals surface area contributed by atoms with Gasteiger partial charge in [-0.15, -0.1) is 0 Å². The number of anilines is 1. The van der Waals surface area contributed by atoms with Crippen molar-refractivity contribution < 1.29 is 4.79 Å². The molecule has 0 radical (unpaired) electrons. The number of likely N-dealkylation sites (tertiary alicyclic amines) is 1. The molecular formula is C22H22Cl2N4O. The third-order valence-corrected chi connectivity index (χ3v) is 6.78. The van der Waals surface area contributed by atoms with Gasteiger partial charge in [-0.05, 0) is 55.5 Å². The van der Waals surface area contributed by atoms with Crippen LogP contribution < -0.4 is 5.32 Å². The summed E-state index contributed by atoms with van der Waals surface area (Å²) in [4.78, 5) is 23.6. The minimum atomic E-state index is -0.144. The molecule has 2 fully saturated rings. The zero-order valence-corrected chi connectivity index (χ0v) is 17.4. The molecule has 5 nitrogen and oxygen atoms in total. The number of carbonyl (C=O) groups excluding carboxylic acids is 1. The van der Waals surface area contributed by atoms with Crippen molar-refractivity contribution in [2.45, 2.75) is 44.2 Å². The fourth-order valence-corrected chi connectivity index (χ4v) is 5.24. The zero-order chi connectivity index (χ0) is 20.0. The van der Waals surface area contributed by atoms with Crippen LogP contribution >= 0.6 is 23.2 Å². The maximum absolute atomic E-state index is 13.4. The largest absolute Gasteiger partial charge is 0.340 e. The van der Waals surface area contributed by atoms with Gasteiger partial charge in [0.15, 0.2) is 0 Å². The summed E-state index contributed by atoms with van der Waals surface area (Å²) in [5.41, 5.74) is 2.46. The van der Waals surface area contributed by atoms with Gasteiger partial charge in [-0.1, -0.05) is 48.2 Å². The van der Waals surface area contributed by atoms with Gasteiger partial charge in [0, 0.05) is 11.1 Å². The number of nitrogens with one attached hydrogen (secondary N) is 2. The Kier molecular flexibility index (Phi) is 4.88. The third kappa shape index (κ3) is 3.47. The van der Waals surface area contributed by atoms with E-state index in [-0.39, 0.29) is 18.1 Å². The second-order valence-electron chi connectivity index (χ2n) is 7.96. The van der Waals surface area contributed by atoms with E-state index in [1.807, 2.05) is 29.2 Å². The number of aromatic amines is 1. The molecule has 2 heterocycles. The number of aromatic nitrogens is 2. The second-order valence-corrected chi connectivity index (χ2v) is 8.81. The highest BCUT2D eigenvalue weighted by Crippen LogP contribution is 2.46. The first-order chi connectivity index (χ1) is 14.1. The topological polar surface area (TPSA) is 61.0 Å². The highest BCUT2D eigenvalue weighted by molar-refractivity contribution is 6.35. The van der Waals surface area contributed by atoms with E-state index in [0.717, 1.165) is 42.5 Å². The van der Waals surface area contributed by atoms with E-state index >= 15 is 0 Å². The van der Waals surface area contributed by atoms with E-state index in [4.69, 9.17) is 28.2 Å². The number of para-hydroxylation sites is 2. The van der Waals surface area contributed by atoms with Crippen LogP contribution in [0.25, 0.3) is 11.0 Å². The number of benzene rings is 2. The SMILES string of the molecule is O=C(Nc1cc(Cl)ccc1Cl)N1[C@H](c2nc3ccccc3[nH]2)C[C@@H]2CCCC[C@@H]21. The molecule has 1 aromatic heterocycles. The number of carbonyl (C=O) groups is 1. The zero-order valence-electron chi connectivity index (χ0n) is 15.9. The number of nitrogens with zero attached hydrogens (tertiary/aromatic N) is 2. The second kappa shape index (κ2) is 7.54. The first kappa shape index (κ1) is 18.8. The monoisotopic (exact) mass is 428 g/mol. The fourth-order valence-electron chi connectivity index (χ4n) is 4.90. The lowest BCUT2D eigenvalue weighted by atomic mass is 9.85.